The first-order valence-electron chi connectivity index (χ1n) is 9.73. The summed E-state index contributed by atoms with van der Waals surface area (Å²) in [4.78, 5) is 0. The van der Waals surface area contributed by atoms with Crippen molar-refractivity contribution >= 4 is 0 Å². The van der Waals surface area contributed by atoms with Gasteiger partial charge in [0.25, 0.3) is 0 Å². The standard InChI is InChI=1S/C21H32O3/c1-12(22)16-6-7-17-15-5-4-13-10-14(23)11-19(24)21(13,3)18(15)8-9-20(16,17)2/h4-5,12,14,16-19,22-24H,6-11H2,1-3H3/t12?,14?,16-,17+,18+,19?,20-,21+/m1/s1. The lowest BCUT2D eigenvalue weighted by Gasteiger charge is -2.56. The highest BCUT2D eigenvalue weighted by atomic mass is 16.3. The van der Waals surface area contributed by atoms with Crippen LogP contribution in [-0.2, 0) is 0 Å². The van der Waals surface area contributed by atoms with Crippen molar-refractivity contribution in [3.8, 4) is 0 Å². The second-order valence-corrected chi connectivity index (χ2v) is 9.32. The Bertz CT molecular complexity index is 592. The van der Waals surface area contributed by atoms with E-state index in [0.717, 1.165) is 25.7 Å². The third kappa shape index (κ3) is 2.07. The zero-order chi connectivity index (χ0) is 17.3. The van der Waals surface area contributed by atoms with E-state index in [1.165, 1.54) is 11.1 Å². The quantitative estimate of drug-likeness (QED) is 0.691. The van der Waals surface area contributed by atoms with Gasteiger partial charge in [0.2, 0.25) is 0 Å². The van der Waals surface area contributed by atoms with Crippen LogP contribution < -0.4 is 0 Å². The van der Waals surface area contributed by atoms with Crippen LogP contribution in [0.4, 0.5) is 0 Å². The highest BCUT2D eigenvalue weighted by molar-refractivity contribution is 5.40. The Morgan fingerprint density at radius 1 is 1.08 bits per heavy atom. The van der Waals surface area contributed by atoms with Gasteiger partial charge in [0.1, 0.15) is 0 Å². The molecule has 3 heteroatoms. The fourth-order valence-corrected chi connectivity index (χ4v) is 6.88. The monoisotopic (exact) mass is 332 g/mol. The minimum Gasteiger partial charge on any atom is -0.393 e. The van der Waals surface area contributed by atoms with E-state index in [1.54, 1.807) is 0 Å². The van der Waals surface area contributed by atoms with Gasteiger partial charge in [0.05, 0.1) is 18.3 Å². The zero-order valence-corrected chi connectivity index (χ0v) is 15.2. The van der Waals surface area contributed by atoms with Crippen LogP contribution in [0.3, 0.4) is 0 Å². The SMILES string of the molecule is CC(O)[C@H]1CC[C@H]2C3=CC=C4CC(O)CC(O)[C@]4(C)[C@H]3CC[C@]12C. The summed E-state index contributed by atoms with van der Waals surface area (Å²) in [5.74, 6) is 1.32. The zero-order valence-electron chi connectivity index (χ0n) is 15.2. The summed E-state index contributed by atoms with van der Waals surface area (Å²) in [6.45, 7) is 6.55. The summed E-state index contributed by atoms with van der Waals surface area (Å²) in [7, 11) is 0. The van der Waals surface area contributed by atoms with Crippen LogP contribution in [0, 0.1) is 28.6 Å². The molecule has 0 aromatic heterocycles. The van der Waals surface area contributed by atoms with Gasteiger partial charge < -0.3 is 15.3 Å². The Morgan fingerprint density at radius 2 is 1.83 bits per heavy atom. The van der Waals surface area contributed by atoms with Crippen molar-refractivity contribution in [3.63, 3.8) is 0 Å². The molecule has 0 spiro atoms. The van der Waals surface area contributed by atoms with E-state index < -0.39 is 12.2 Å². The Balaban J connectivity index is 1.73. The van der Waals surface area contributed by atoms with Crippen LogP contribution in [0.1, 0.15) is 59.3 Å². The first kappa shape index (κ1) is 16.8. The van der Waals surface area contributed by atoms with E-state index in [9.17, 15) is 15.3 Å². The molecule has 0 aromatic carbocycles. The predicted molar refractivity (Wildman–Crippen MR) is 94.2 cm³/mol. The highest BCUT2D eigenvalue weighted by Gasteiger charge is 2.58. The second-order valence-electron chi connectivity index (χ2n) is 9.32. The van der Waals surface area contributed by atoms with Crippen LogP contribution in [0.2, 0.25) is 0 Å². The van der Waals surface area contributed by atoms with Crippen molar-refractivity contribution in [3.05, 3.63) is 23.3 Å². The Hall–Kier alpha value is -0.640. The smallest absolute Gasteiger partial charge is 0.0661 e. The summed E-state index contributed by atoms with van der Waals surface area (Å²) in [5.41, 5.74) is 2.72. The first-order valence-corrected chi connectivity index (χ1v) is 9.73. The van der Waals surface area contributed by atoms with E-state index in [2.05, 4.69) is 26.0 Å². The first-order chi connectivity index (χ1) is 11.3. The highest BCUT2D eigenvalue weighted by Crippen LogP contribution is 2.65. The molecule has 0 amide bonds. The molecule has 3 unspecified atom stereocenters. The molecule has 0 heterocycles. The lowest BCUT2D eigenvalue weighted by atomic mass is 9.49. The van der Waals surface area contributed by atoms with Crippen molar-refractivity contribution in [2.75, 3.05) is 0 Å². The molecule has 4 aliphatic rings. The molecule has 0 radical (unpaired) electrons. The van der Waals surface area contributed by atoms with Crippen molar-refractivity contribution < 1.29 is 15.3 Å². The molecule has 0 aliphatic heterocycles. The van der Waals surface area contributed by atoms with E-state index in [0.29, 0.717) is 30.6 Å². The van der Waals surface area contributed by atoms with Crippen molar-refractivity contribution in [1.82, 2.24) is 0 Å². The molecule has 3 saturated carbocycles. The van der Waals surface area contributed by atoms with Gasteiger partial charge in [-0.1, -0.05) is 37.1 Å². The third-order valence-corrected chi connectivity index (χ3v) is 8.30. The van der Waals surface area contributed by atoms with Crippen LogP contribution in [0.15, 0.2) is 23.3 Å². The Morgan fingerprint density at radius 3 is 2.54 bits per heavy atom. The van der Waals surface area contributed by atoms with E-state index >= 15 is 0 Å². The van der Waals surface area contributed by atoms with Gasteiger partial charge in [-0.25, -0.2) is 0 Å². The van der Waals surface area contributed by atoms with Gasteiger partial charge in [-0.05, 0) is 62.2 Å². The maximum Gasteiger partial charge on any atom is 0.0661 e. The normalized spacial score (nSPS) is 51.8. The summed E-state index contributed by atoms with van der Waals surface area (Å²) in [5, 5.41) is 31.2. The van der Waals surface area contributed by atoms with E-state index in [1.807, 2.05) is 6.92 Å². The molecule has 3 N–H and O–H groups in total. The average Bonchev–Trinajstić information content (AvgIpc) is 2.86. The minimum absolute atomic E-state index is 0.192. The van der Waals surface area contributed by atoms with Gasteiger partial charge in [0.15, 0.2) is 0 Å². The van der Waals surface area contributed by atoms with Crippen molar-refractivity contribution in [2.24, 2.45) is 28.6 Å². The molecular weight excluding hydrogens is 300 g/mol. The molecular formula is C21H32O3. The number of hydrogen-bond donors (Lipinski definition) is 3. The van der Waals surface area contributed by atoms with Gasteiger partial charge in [-0.15, -0.1) is 0 Å². The third-order valence-electron chi connectivity index (χ3n) is 8.30. The molecule has 3 nitrogen and oxygen atoms in total. The number of fused-ring (bicyclic) bond motifs is 5. The molecule has 134 valence electrons. The fourth-order valence-electron chi connectivity index (χ4n) is 6.88. The van der Waals surface area contributed by atoms with Gasteiger partial charge in [0, 0.05) is 11.8 Å². The van der Waals surface area contributed by atoms with Gasteiger partial charge in [-0.2, -0.15) is 0 Å². The number of aliphatic hydroxyl groups excluding tert-OH is 3. The number of rotatable bonds is 1. The topological polar surface area (TPSA) is 60.7 Å². The Kier molecular flexibility index (Phi) is 3.80. The number of allylic oxidation sites excluding steroid dienone is 3. The predicted octanol–water partition coefficient (Wildman–Crippen LogP) is 3.20. The van der Waals surface area contributed by atoms with Crippen LogP contribution in [0.5, 0.6) is 0 Å². The molecule has 4 aliphatic carbocycles. The van der Waals surface area contributed by atoms with Crippen LogP contribution >= 0.6 is 0 Å². The molecule has 0 bridgehead atoms. The average molecular weight is 332 g/mol. The number of hydrogen-bond acceptors (Lipinski definition) is 3. The fraction of sp³-hybridized carbons (Fsp3) is 0.810. The van der Waals surface area contributed by atoms with E-state index in [-0.39, 0.29) is 16.9 Å². The Labute approximate surface area is 145 Å². The van der Waals surface area contributed by atoms with Crippen molar-refractivity contribution in [2.45, 2.75) is 77.6 Å². The second kappa shape index (κ2) is 5.43. The van der Waals surface area contributed by atoms with Gasteiger partial charge >= 0.3 is 0 Å². The summed E-state index contributed by atoms with van der Waals surface area (Å²) in [6, 6.07) is 0. The summed E-state index contributed by atoms with van der Waals surface area (Å²) >= 11 is 0. The molecule has 8 atom stereocenters. The maximum absolute atomic E-state index is 10.8. The molecule has 0 saturated heterocycles. The van der Waals surface area contributed by atoms with E-state index in [4.69, 9.17) is 0 Å². The lowest BCUT2D eigenvalue weighted by Crippen LogP contribution is -2.52. The molecule has 4 rings (SSSR count). The molecule has 3 fully saturated rings. The van der Waals surface area contributed by atoms with Crippen LogP contribution in [-0.4, -0.2) is 33.6 Å². The molecule has 24 heavy (non-hydrogen) atoms. The largest absolute Gasteiger partial charge is 0.393 e. The van der Waals surface area contributed by atoms with Gasteiger partial charge in [-0.3, -0.25) is 0 Å². The number of aliphatic hydroxyl groups is 3. The van der Waals surface area contributed by atoms with Crippen LogP contribution in [0.25, 0.3) is 0 Å². The summed E-state index contributed by atoms with van der Waals surface area (Å²) in [6.07, 6.45) is 9.08. The summed E-state index contributed by atoms with van der Waals surface area (Å²) < 4.78 is 0. The lowest BCUT2D eigenvalue weighted by molar-refractivity contribution is -0.0576. The maximum atomic E-state index is 10.8. The van der Waals surface area contributed by atoms with Crippen molar-refractivity contribution in [1.29, 1.82) is 0 Å². The molecule has 0 aromatic rings. The minimum atomic E-state index is -0.459.